The van der Waals surface area contributed by atoms with Crippen LogP contribution in [0.15, 0.2) is 71.3 Å². The number of fused-ring (bicyclic) bond motifs is 3. The van der Waals surface area contributed by atoms with Crippen molar-refractivity contribution in [2.45, 2.75) is 20.9 Å². The van der Waals surface area contributed by atoms with Crippen LogP contribution in [0.2, 0.25) is 15.3 Å². The van der Waals surface area contributed by atoms with Crippen LogP contribution < -0.4 is 10.6 Å². The van der Waals surface area contributed by atoms with Crippen LogP contribution in [-0.2, 0) is 0 Å². The van der Waals surface area contributed by atoms with E-state index in [-0.39, 0.29) is 16.9 Å². The van der Waals surface area contributed by atoms with Crippen molar-refractivity contribution in [2.24, 2.45) is 0 Å². The van der Waals surface area contributed by atoms with E-state index in [4.69, 9.17) is 59.3 Å². The molecule has 5 aromatic rings. The number of amides is 2. The van der Waals surface area contributed by atoms with Crippen LogP contribution in [0.4, 0.5) is 4.39 Å². The Hall–Kier alpha value is -3.87. The molecule has 0 aliphatic carbocycles. The fourth-order valence-corrected chi connectivity index (χ4v) is 6.22. The minimum absolute atomic E-state index is 0.162. The molecule has 15 heteroatoms. The summed E-state index contributed by atoms with van der Waals surface area (Å²) in [5, 5.41) is 0.599. The van der Waals surface area contributed by atoms with Gasteiger partial charge in [0.25, 0.3) is 11.8 Å². The molecule has 197 valence electrons. The van der Waals surface area contributed by atoms with Crippen LogP contribution >= 0.6 is 0 Å². The summed E-state index contributed by atoms with van der Waals surface area (Å²) < 4.78 is 20.0. The van der Waals surface area contributed by atoms with Gasteiger partial charge >= 0.3 is 0 Å². The Kier molecular flexibility index (Phi) is 6.91. The van der Waals surface area contributed by atoms with Gasteiger partial charge in [0.1, 0.15) is 17.2 Å². The summed E-state index contributed by atoms with van der Waals surface area (Å²) in [5.74, 6) is -1.23. The number of aromatic nitrogens is 1. The molecule has 2 aromatic heterocycles. The molecule has 1 fully saturated rings. The first kappa shape index (κ1) is 30.2. The Bertz CT molecular complexity index is 1930. The predicted molar refractivity (Wildman–Crippen MR) is 177 cm³/mol. The molecule has 44 heavy (non-hydrogen) atoms. The third kappa shape index (κ3) is 4.33. The highest BCUT2D eigenvalue weighted by Crippen LogP contribution is 2.65. The van der Waals surface area contributed by atoms with Crippen molar-refractivity contribution in [3.8, 4) is 22.5 Å². The molecule has 6 nitrogen and oxygen atoms in total. The first-order valence-electron chi connectivity index (χ1n) is 13.5. The van der Waals surface area contributed by atoms with E-state index in [0.717, 1.165) is 0 Å². The first-order chi connectivity index (χ1) is 20.6. The second-order valence-electron chi connectivity index (χ2n) is 11.2. The fraction of sp³-hybridized carbons (Fsp3) is 0.172. The molecular formula is C29H17B8FN3O3. The average Bonchev–Trinajstić information content (AvgIpc) is 3.59. The number of carbonyl (C=O) groups is 2. The van der Waals surface area contributed by atoms with Crippen LogP contribution in [-0.4, -0.2) is 91.6 Å². The Morgan fingerprint density at radius 2 is 1.59 bits per heavy atom. The fourth-order valence-electron chi connectivity index (χ4n) is 6.22. The first-order valence-corrected chi connectivity index (χ1v) is 13.5. The maximum absolute atomic E-state index is 13.7. The number of furan rings is 1. The Balaban J connectivity index is 1.49. The van der Waals surface area contributed by atoms with Gasteiger partial charge in [-0.05, 0) is 59.6 Å². The van der Waals surface area contributed by atoms with Gasteiger partial charge in [-0.3, -0.25) is 9.59 Å². The van der Waals surface area contributed by atoms with Crippen molar-refractivity contribution in [2.75, 3.05) is 7.05 Å². The van der Waals surface area contributed by atoms with Crippen LogP contribution in [0.25, 0.3) is 44.3 Å². The van der Waals surface area contributed by atoms with Crippen molar-refractivity contribution in [1.29, 1.82) is 0 Å². The number of hydrogen-bond acceptors (Lipinski definition) is 3. The number of benzene rings is 3. The summed E-state index contributed by atoms with van der Waals surface area (Å²) in [6.45, 7) is 0. The molecule has 0 bridgehead atoms. The van der Waals surface area contributed by atoms with E-state index in [1.54, 1.807) is 36.5 Å². The van der Waals surface area contributed by atoms with Gasteiger partial charge in [-0.2, -0.15) is 0 Å². The van der Waals surface area contributed by atoms with Crippen molar-refractivity contribution in [3.05, 3.63) is 83.8 Å². The zero-order valence-corrected chi connectivity index (χ0v) is 23.6. The minimum Gasteiger partial charge on any atom is -0.454 e. The van der Waals surface area contributed by atoms with Crippen LogP contribution in [0.5, 0.6) is 0 Å². The highest BCUT2D eigenvalue weighted by Gasteiger charge is 2.67. The molecule has 3 aromatic carbocycles. The number of rotatable bonds is 6. The van der Waals surface area contributed by atoms with Gasteiger partial charge < -0.3 is 20.0 Å². The van der Waals surface area contributed by atoms with E-state index in [2.05, 4.69) is 15.6 Å². The van der Waals surface area contributed by atoms with Gasteiger partial charge in [-0.1, -0.05) is 12.1 Å². The number of carbonyl (C=O) groups excluding carboxylic acids is 2. The summed E-state index contributed by atoms with van der Waals surface area (Å²) in [4.78, 5) is 30.0. The van der Waals surface area contributed by atoms with Crippen molar-refractivity contribution in [1.82, 2.24) is 15.6 Å². The largest absolute Gasteiger partial charge is 0.454 e. The highest BCUT2D eigenvalue weighted by molar-refractivity contribution is 6.88. The van der Waals surface area contributed by atoms with Crippen molar-refractivity contribution < 1.29 is 18.4 Å². The van der Waals surface area contributed by atoms with Gasteiger partial charge in [0, 0.05) is 40.7 Å². The smallest absolute Gasteiger partial charge is 0.255 e. The quantitative estimate of drug-likeness (QED) is 0.279. The summed E-state index contributed by atoms with van der Waals surface area (Å²) in [6, 6.07) is 15.9. The molecule has 0 spiro atoms. The predicted octanol–water partition coefficient (Wildman–Crippen LogP) is 2.33. The molecule has 3 N–H and O–H groups in total. The van der Waals surface area contributed by atoms with Gasteiger partial charge in [0.15, 0.2) is 0 Å². The van der Waals surface area contributed by atoms with Gasteiger partial charge in [-0.25, -0.2) is 4.39 Å². The van der Waals surface area contributed by atoms with Gasteiger partial charge in [-0.15, -0.1) is 15.3 Å². The summed E-state index contributed by atoms with van der Waals surface area (Å²) >= 11 is 0. The van der Waals surface area contributed by atoms with Crippen LogP contribution in [0.3, 0.4) is 0 Å². The molecule has 0 saturated carbocycles. The van der Waals surface area contributed by atoms with E-state index in [1.165, 1.54) is 38.6 Å². The van der Waals surface area contributed by atoms with Crippen LogP contribution in [0, 0.1) is 5.82 Å². The molecule has 0 atom stereocenters. The van der Waals surface area contributed by atoms with E-state index in [1.807, 2.05) is 6.07 Å². The molecule has 15 radical (unpaired) electrons. The van der Waals surface area contributed by atoms with E-state index >= 15 is 0 Å². The third-order valence-corrected chi connectivity index (χ3v) is 8.22. The lowest BCUT2D eigenvalue weighted by atomic mass is 8.95. The zero-order chi connectivity index (χ0) is 31.8. The highest BCUT2D eigenvalue weighted by atomic mass is 19.1. The Morgan fingerprint density at radius 1 is 0.909 bits per heavy atom. The normalized spacial score (nSPS) is 16.6. The minimum atomic E-state index is -2.21. The molecular weight excluding hydrogens is 544 g/mol. The number of H-pyrrole nitrogens is 1. The maximum atomic E-state index is 13.7. The second kappa shape index (κ2) is 10.1. The monoisotopic (exact) mass is 562 g/mol. The molecule has 1 aliphatic heterocycles. The van der Waals surface area contributed by atoms with E-state index < -0.39 is 38.5 Å². The van der Waals surface area contributed by atoms with Gasteiger partial charge in [0.05, 0.1) is 73.3 Å². The molecule has 2 amide bonds. The van der Waals surface area contributed by atoms with E-state index in [0.29, 0.717) is 38.6 Å². The molecule has 1 aliphatic rings. The molecule has 0 unspecified atom stereocenters. The molecule has 1 saturated heterocycles. The maximum Gasteiger partial charge on any atom is 0.255 e. The lowest BCUT2D eigenvalue weighted by Gasteiger charge is -2.76. The SMILES string of the molecule is [B]C([B])([B])C1(NC(=O)c2cccc(-c3cc4c(C(=O)NC)c(-c5ccc(F)cc5)oc4c4cc[nH]c34)c2)C([B])([B])[B]C1([B])[B]. The number of hydrogen-bond donors (Lipinski definition) is 3. The zero-order valence-electron chi connectivity index (χ0n) is 23.6. The Morgan fingerprint density at radius 3 is 2.20 bits per heavy atom. The molecule has 6 rings (SSSR count). The standard InChI is InChI=1S/C29H17B8FN3O3/c1-39-25(43)20-19-12-18(21-17(9-10-40-21)23(19)44-22(20)13-5-7-16(38)8-6-13)14-3-2-4-15(11-14)24(42)41-26(27(30,31)32)28(33,34)37-29(26,35)36/h2-12,40H,1H3,(H,39,43)(H,41,42). The lowest BCUT2D eigenvalue weighted by molar-refractivity contribution is 0.0881. The van der Waals surface area contributed by atoms with E-state index in [9.17, 15) is 14.0 Å². The lowest BCUT2D eigenvalue weighted by Crippen LogP contribution is -2.82. The molecule has 3 heterocycles. The third-order valence-electron chi connectivity index (χ3n) is 8.22. The average molecular weight is 561 g/mol. The summed E-state index contributed by atoms with van der Waals surface area (Å²) in [5.41, 5.74) is 1.32. The number of halogens is 1. The van der Waals surface area contributed by atoms with Crippen molar-refractivity contribution in [3.63, 3.8) is 0 Å². The Labute approximate surface area is 263 Å². The van der Waals surface area contributed by atoms with Gasteiger partial charge in [0.2, 0.25) is 0 Å². The number of aromatic amines is 1. The summed E-state index contributed by atoms with van der Waals surface area (Å²) in [7, 11) is 45.4. The van der Waals surface area contributed by atoms with Crippen molar-refractivity contribution >= 4 is 95.9 Å². The number of nitrogens with one attached hydrogen (secondary N) is 3. The summed E-state index contributed by atoms with van der Waals surface area (Å²) in [6.07, 6.45) is 1.73. The second-order valence-corrected chi connectivity index (χ2v) is 11.2. The topological polar surface area (TPSA) is 87.1 Å². The van der Waals surface area contributed by atoms with Crippen LogP contribution in [0.1, 0.15) is 20.7 Å².